The number of ether oxygens (including phenoxy) is 1. The van der Waals surface area contributed by atoms with Crippen LogP contribution in [0.3, 0.4) is 0 Å². The Balaban J connectivity index is 0.995. The molecule has 0 aliphatic rings. The van der Waals surface area contributed by atoms with Gasteiger partial charge < -0.3 is 20.3 Å². The molecule has 14 heteroatoms. The lowest BCUT2D eigenvalue weighted by atomic mass is 10.1. The first-order chi connectivity index (χ1) is 30.0. The lowest BCUT2D eigenvalue weighted by Gasteiger charge is -2.23. The predicted molar refractivity (Wildman–Crippen MR) is 243 cm³/mol. The summed E-state index contributed by atoms with van der Waals surface area (Å²) in [5.74, 6) is 0.457. The van der Waals surface area contributed by atoms with Crippen molar-refractivity contribution in [1.82, 2.24) is 24.8 Å². The van der Waals surface area contributed by atoms with Gasteiger partial charge in [0, 0.05) is 57.3 Å². The first kappa shape index (κ1) is 45.6. The van der Waals surface area contributed by atoms with E-state index in [-0.39, 0.29) is 41.8 Å². The van der Waals surface area contributed by atoms with E-state index in [1.807, 2.05) is 85.1 Å². The van der Waals surface area contributed by atoms with Crippen molar-refractivity contribution in [2.45, 2.75) is 62.8 Å². The predicted octanol–water partition coefficient (Wildman–Crippen LogP) is 7.14. The molecule has 0 unspecified atom stereocenters. The summed E-state index contributed by atoms with van der Waals surface area (Å²) in [7, 11) is -7.71. The lowest BCUT2D eigenvalue weighted by molar-refractivity contribution is -0.120. The van der Waals surface area contributed by atoms with Gasteiger partial charge in [0.25, 0.3) is 10.0 Å². The van der Waals surface area contributed by atoms with Crippen LogP contribution >= 0.6 is 0 Å². The minimum atomic E-state index is -3.88. The van der Waals surface area contributed by atoms with Crippen LogP contribution in [-0.4, -0.2) is 63.2 Å². The topological polar surface area (TPSA) is 150 Å². The van der Waals surface area contributed by atoms with E-state index < -0.39 is 20.0 Å². The highest BCUT2D eigenvalue weighted by molar-refractivity contribution is 7.92. The van der Waals surface area contributed by atoms with Crippen molar-refractivity contribution in [3.8, 4) is 5.75 Å². The number of carbonyl (C=O) groups excluding carboxylic acids is 1. The molecule has 0 radical (unpaired) electrons. The van der Waals surface area contributed by atoms with Crippen molar-refractivity contribution in [3.05, 3.63) is 185 Å². The molecule has 0 aliphatic carbocycles. The second-order valence-electron chi connectivity index (χ2n) is 14.8. The van der Waals surface area contributed by atoms with Crippen molar-refractivity contribution in [2.24, 2.45) is 0 Å². The SMILES string of the molecule is CCN(CC)CCOc1ccc(NS(=O)(=O)c2ccc(CNC(=O)Cc3ccc(CN(Cc4ccccc4)S(=O)(=O)c4ccc(CNCc5cccnc5)cc4)cc3)cc2)cc1. The molecule has 3 N–H and O–H groups in total. The van der Waals surface area contributed by atoms with Crippen LogP contribution in [0, 0.1) is 0 Å². The van der Waals surface area contributed by atoms with Crippen molar-refractivity contribution >= 4 is 31.6 Å². The van der Waals surface area contributed by atoms with E-state index in [1.165, 1.54) is 16.4 Å². The fraction of sp³-hybridized carbons (Fsp3) is 0.250. The van der Waals surface area contributed by atoms with E-state index in [1.54, 1.807) is 54.7 Å². The van der Waals surface area contributed by atoms with Crippen LogP contribution in [0.5, 0.6) is 5.75 Å². The van der Waals surface area contributed by atoms with E-state index in [2.05, 4.69) is 39.1 Å². The Morgan fingerprint density at radius 3 is 1.81 bits per heavy atom. The van der Waals surface area contributed by atoms with Crippen LogP contribution in [0.15, 0.2) is 162 Å². The fourth-order valence-corrected chi connectivity index (χ4v) is 9.14. The van der Waals surface area contributed by atoms with Crippen LogP contribution in [0.4, 0.5) is 5.69 Å². The molecule has 5 aromatic carbocycles. The number of carbonyl (C=O) groups is 1. The lowest BCUT2D eigenvalue weighted by Crippen LogP contribution is -2.30. The number of sulfonamides is 2. The summed E-state index contributed by atoms with van der Waals surface area (Å²) in [5, 5.41) is 6.27. The maximum Gasteiger partial charge on any atom is 0.261 e. The standard InChI is InChI=1S/C48H54N6O6S2/c1-3-53(4-2)29-30-60-45-22-20-44(21-23-45)52-61(56,57)46-24-16-40(17-25-46)35-51-48(55)31-38-12-14-42(15-13-38)37-54(36-41-9-6-5-7-10-41)62(58,59)47-26-18-39(19-27-47)32-50-34-43-11-8-28-49-33-43/h5-28,33,50,52H,3-4,29-32,34-37H2,1-2H3,(H,51,55). The minimum absolute atomic E-state index is 0.0984. The molecular formula is C48H54N6O6S2. The Labute approximate surface area is 366 Å². The Morgan fingerprint density at radius 2 is 1.18 bits per heavy atom. The number of amides is 1. The molecule has 1 aromatic heterocycles. The largest absolute Gasteiger partial charge is 0.492 e. The minimum Gasteiger partial charge on any atom is -0.492 e. The first-order valence-corrected chi connectivity index (χ1v) is 23.6. The van der Waals surface area contributed by atoms with E-state index >= 15 is 0 Å². The first-order valence-electron chi connectivity index (χ1n) is 20.6. The molecule has 12 nitrogen and oxygen atoms in total. The number of nitrogens with zero attached hydrogens (tertiary/aromatic N) is 3. The number of nitrogens with one attached hydrogen (secondary N) is 3. The number of benzene rings is 5. The van der Waals surface area contributed by atoms with Gasteiger partial charge in [0.2, 0.25) is 15.9 Å². The molecule has 0 bridgehead atoms. The number of rotatable bonds is 23. The molecule has 1 heterocycles. The van der Waals surface area contributed by atoms with Gasteiger partial charge in [-0.25, -0.2) is 16.8 Å². The van der Waals surface area contributed by atoms with Crippen molar-refractivity contribution in [1.29, 1.82) is 0 Å². The molecule has 62 heavy (non-hydrogen) atoms. The number of pyridine rings is 1. The number of aromatic nitrogens is 1. The van der Waals surface area contributed by atoms with Gasteiger partial charge in [0.05, 0.1) is 16.2 Å². The van der Waals surface area contributed by atoms with Gasteiger partial charge in [0.1, 0.15) is 12.4 Å². The maximum absolute atomic E-state index is 14.1. The summed E-state index contributed by atoms with van der Waals surface area (Å²) in [6.45, 7) is 9.25. The van der Waals surface area contributed by atoms with Gasteiger partial charge in [-0.15, -0.1) is 0 Å². The van der Waals surface area contributed by atoms with Gasteiger partial charge >= 0.3 is 0 Å². The van der Waals surface area contributed by atoms with Gasteiger partial charge in [-0.3, -0.25) is 14.5 Å². The van der Waals surface area contributed by atoms with Crippen LogP contribution in [-0.2, 0) is 64.0 Å². The van der Waals surface area contributed by atoms with Gasteiger partial charge in [-0.2, -0.15) is 4.31 Å². The Bertz CT molecular complexity index is 2520. The van der Waals surface area contributed by atoms with E-state index in [0.717, 1.165) is 53.0 Å². The zero-order chi connectivity index (χ0) is 43.8. The summed E-state index contributed by atoms with van der Waals surface area (Å²) in [6, 6.07) is 40.8. The highest BCUT2D eigenvalue weighted by atomic mass is 32.2. The average molecular weight is 875 g/mol. The summed E-state index contributed by atoms with van der Waals surface area (Å²) in [4.78, 5) is 19.6. The zero-order valence-corrected chi connectivity index (χ0v) is 36.7. The molecule has 0 atom stereocenters. The number of hydrogen-bond donors (Lipinski definition) is 3. The Kier molecular flexibility index (Phi) is 16.4. The van der Waals surface area contributed by atoms with Crippen LogP contribution in [0.25, 0.3) is 0 Å². The molecule has 0 spiro atoms. The molecule has 0 fully saturated rings. The van der Waals surface area contributed by atoms with Crippen molar-refractivity contribution in [3.63, 3.8) is 0 Å². The summed E-state index contributed by atoms with van der Waals surface area (Å²) in [6.07, 6.45) is 3.66. The molecule has 0 saturated heterocycles. The van der Waals surface area contributed by atoms with Crippen LogP contribution in [0.1, 0.15) is 47.2 Å². The smallest absolute Gasteiger partial charge is 0.261 e. The number of likely N-dealkylation sites (N-methyl/N-ethyl adjacent to an activating group) is 1. The normalized spacial score (nSPS) is 11.7. The van der Waals surface area contributed by atoms with Crippen LogP contribution < -0.4 is 20.1 Å². The second kappa shape index (κ2) is 22.3. The number of anilines is 1. The fourth-order valence-electron chi connectivity index (χ4n) is 6.66. The third-order valence-electron chi connectivity index (χ3n) is 10.3. The summed E-state index contributed by atoms with van der Waals surface area (Å²) in [5.41, 5.74) is 5.60. The highest BCUT2D eigenvalue weighted by Gasteiger charge is 2.25. The molecule has 1 amide bonds. The second-order valence-corrected chi connectivity index (χ2v) is 18.4. The zero-order valence-electron chi connectivity index (χ0n) is 35.1. The van der Waals surface area contributed by atoms with Gasteiger partial charge in [-0.1, -0.05) is 98.8 Å². The maximum atomic E-state index is 14.1. The number of hydrogen-bond acceptors (Lipinski definition) is 9. The Hall–Kier alpha value is -5.90. The third kappa shape index (κ3) is 13.6. The molecule has 6 rings (SSSR count). The molecular weight excluding hydrogens is 821 g/mol. The van der Waals surface area contributed by atoms with Crippen LogP contribution in [0.2, 0.25) is 0 Å². The molecule has 6 aromatic rings. The van der Waals surface area contributed by atoms with Gasteiger partial charge in [-0.05, 0) is 101 Å². The van der Waals surface area contributed by atoms with E-state index in [9.17, 15) is 21.6 Å². The molecule has 0 saturated carbocycles. The third-order valence-corrected chi connectivity index (χ3v) is 13.5. The average Bonchev–Trinajstić information content (AvgIpc) is 3.29. The summed E-state index contributed by atoms with van der Waals surface area (Å²) < 4.78 is 64.2. The molecule has 0 aliphatic heterocycles. The quantitative estimate of drug-likeness (QED) is 0.0611. The van der Waals surface area contributed by atoms with Crippen molar-refractivity contribution in [2.75, 3.05) is 31.0 Å². The van der Waals surface area contributed by atoms with E-state index in [4.69, 9.17) is 4.74 Å². The highest BCUT2D eigenvalue weighted by Crippen LogP contribution is 2.23. The summed E-state index contributed by atoms with van der Waals surface area (Å²) >= 11 is 0. The Morgan fingerprint density at radius 1 is 0.613 bits per heavy atom. The molecule has 324 valence electrons. The van der Waals surface area contributed by atoms with Crippen molar-refractivity contribution < 1.29 is 26.4 Å². The monoisotopic (exact) mass is 874 g/mol. The van der Waals surface area contributed by atoms with Gasteiger partial charge in [0.15, 0.2) is 0 Å². The van der Waals surface area contributed by atoms with E-state index in [0.29, 0.717) is 31.1 Å².